The number of carbonyl (C=O) groups excluding carboxylic acids is 1. The van der Waals surface area contributed by atoms with Gasteiger partial charge in [-0.15, -0.1) is 0 Å². The second-order valence-corrected chi connectivity index (χ2v) is 1.52. The molecule has 0 saturated heterocycles. The molecule has 6 N–H and O–H groups in total. The average molecular weight is 145 g/mol. The maximum Gasteiger partial charge on any atom is 0.315 e. The Balaban J connectivity index is 3.20. The van der Waals surface area contributed by atoms with Crippen LogP contribution < -0.4 is 21.7 Å². The van der Waals surface area contributed by atoms with Crippen LogP contribution in [0.15, 0.2) is 0 Å². The van der Waals surface area contributed by atoms with Crippen LogP contribution in [0.25, 0.3) is 0 Å². The van der Waals surface area contributed by atoms with E-state index in [0.29, 0.717) is 0 Å². The number of hydrogen-bond acceptors (Lipinski definition) is 2. The van der Waals surface area contributed by atoms with Crippen LogP contribution in [-0.4, -0.2) is 25.7 Å². The van der Waals surface area contributed by atoms with Gasteiger partial charge in [-0.05, 0) is 0 Å². The summed E-state index contributed by atoms with van der Waals surface area (Å²) in [4.78, 5) is 10.4. The molecule has 0 atom stereocenters. The standard InChI is InChI=1S/C4H11N5O/c1-7-4(10)9-2-8-3(5)6/h2H2,1H3,(H4,5,6,8)(H2,7,9,10). The predicted molar refractivity (Wildman–Crippen MR) is 37.5 cm³/mol. The van der Waals surface area contributed by atoms with E-state index in [1.807, 2.05) is 0 Å². The number of nitrogens with one attached hydrogen (secondary N) is 4. The zero-order valence-electron chi connectivity index (χ0n) is 5.69. The molecule has 0 aromatic carbocycles. The third-order valence-electron chi connectivity index (χ3n) is 0.755. The largest absolute Gasteiger partial charge is 0.370 e. The lowest BCUT2D eigenvalue weighted by Crippen LogP contribution is -2.43. The lowest BCUT2D eigenvalue weighted by Gasteiger charge is -2.04. The van der Waals surface area contributed by atoms with Crippen molar-refractivity contribution in [3.05, 3.63) is 0 Å². The smallest absolute Gasteiger partial charge is 0.315 e. The van der Waals surface area contributed by atoms with Crippen LogP contribution >= 0.6 is 0 Å². The molecule has 0 rings (SSSR count). The predicted octanol–water partition coefficient (Wildman–Crippen LogP) is -1.64. The summed E-state index contributed by atoms with van der Waals surface area (Å²) >= 11 is 0. The summed E-state index contributed by atoms with van der Waals surface area (Å²) in [5.41, 5.74) is 4.92. The normalized spacial score (nSPS) is 8.10. The Kier molecular flexibility index (Phi) is 3.78. The summed E-state index contributed by atoms with van der Waals surface area (Å²) in [7, 11) is 1.50. The molecule has 6 nitrogen and oxygen atoms in total. The minimum absolute atomic E-state index is 0.162. The Hall–Kier alpha value is -1.46. The molecule has 58 valence electrons. The van der Waals surface area contributed by atoms with Crippen LogP contribution in [0.4, 0.5) is 4.79 Å². The van der Waals surface area contributed by atoms with Crippen molar-refractivity contribution in [2.75, 3.05) is 13.7 Å². The SMILES string of the molecule is CNC(=O)NCNC(=N)N. The number of urea groups is 1. The highest BCUT2D eigenvalue weighted by Gasteiger charge is 1.91. The first-order chi connectivity index (χ1) is 4.66. The summed E-state index contributed by atoms with van der Waals surface area (Å²) in [6.45, 7) is 0.162. The second kappa shape index (κ2) is 4.42. The van der Waals surface area contributed by atoms with Crippen molar-refractivity contribution in [2.24, 2.45) is 5.73 Å². The highest BCUT2D eigenvalue weighted by molar-refractivity contribution is 5.76. The molecule has 0 heterocycles. The van der Waals surface area contributed by atoms with Crippen LogP contribution in [0.2, 0.25) is 0 Å². The van der Waals surface area contributed by atoms with E-state index < -0.39 is 0 Å². The molecular weight excluding hydrogens is 134 g/mol. The van der Waals surface area contributed by atoms with Gasteiger partial charge in [-0.1, -0.05) is 0 Å². The lowest BCUT2D eigenvalue weighted by atomic mass is 10.8. The van der Waals surface area contributed by atoms with Gasteiger partial charge in [0, 0.05) is 7.05 Å². The molecule has 0 aromatic heterocycles. The van der Waals surface area contributed by atoms with E-state index in [1.165, 1.54) is 7.05 Å². The average Bonchev–Trinajstić information content (AvgIpc) is 1.87. The minimum Gasteiger partial charge on any atom is -0.370 e. The summed E-state index contributed by atoms with van der Waals surface area (Å²) in [5.74, 6) is -0.170. The van der Waals surface area contributed by atoms with E-state index in [2.05, 4.69) is 16.0 Å². The number of carbonyl (C=O) groups is 1. The zero-order chi connectivity index (χ0) is 7.98. The monoisotopic (exact) mass is 145 g/mol. The Labute approximate surface area is 58.7 Å². The van der Waals surface area contributed by atoms with E-state index in [0.717, 1.165) is 0 Å². The molecule has 0 aliphatic heterocycles. The van der Waals surface area contributed by atoms with E-state index in [1.54, 1.807) is 0 Å². The van der Waals surface area contributed by atoms with Gasteiger partial charge in [0.25, 0.3) is 0 Å². The van der Waals surface area contributed by atoms with Gasteiger partial charge in [0.1, 0.15) is 0 Å². The molecule has 0 unspecified atom stereocenters. The molecule has 0 fully saturated rings. The van der Waals surface area contributed by atoms with Crippen LogP contribution in [0.1, 0.15) is 0 Å². The number of rotatable bonds is 2. The Morgan fingerprint density at radius 3 is 2.60 bits per heavy atom. The Morgan fingerprint density at radius 1 is 1.60 bits per heavy atom. The molecule has 0 saturated carbocycles. The summed E-state index contributed by atoms with van der Waals surface area (Å²) in [5, 5.41) is 13.8. The minimum atomic E-state index is -0.311. The van der Waals surface area contributed by atoms with Gasteiger partial charge >= 0.3 is 6.03 Å². The fraction of sp³-hybridized carbons (Fsp3) is 0.500. The third kappa shape index (κ3) is 4.69. The van der Waals surface area contributed by atoms with Gasteiger partial charge in [-0.3, -0.25) is 5.41 Å². The maximum atomic E-state index is 10.4. The van der Waals surface area contributed by atoms with Crippen molar-refractivity contribution in [1.29, 1.82) is 5.41 Å². The molecule has 0 aliphatic carbocycles. The van der Waals surface area contributed by atoms with E-state index in [9.17, 15) is 4.79 Å². The van der Waals surface area contributed by atoms with Crippen molar-refractivity contribution in [3.8, 4) is 0 Å². The topological polar surface area (TPSA) is 103 Å². The number of nitrogens with two attached hydrogens (primary N) is 1. The van der Waals surface area contributed by atoms with Crippen molar-refractivity contribution >= 4 is 12.0 Å². The second-order valence-electron chi connectivity index (χ2n) is 1.52. The number of amides is 2. The summed E-state index contributed by atoms with van der Waals surface area (Å²) in [6.07, 6.45) is 0. The number of guanidine groups is 1. The molecule has 6 heteroatoms. The van der Waals surface area contributed by atoms with Crippen LogP contribution in [0.3, 0.4) is 0 Å². The molecule has 0 bridgehead atoms. The van der Waals surface area contributed by atoms with Crippen LogP contribution in [0, 0.1) is 5.41 Å². The first-order valence-electron chi connectivity index (χ1n) is 2.70. The zero-order valence-corrected chi connectivity index (χ0v) is 5.69. The van der Waals surface area contributed by atoms with Crippen molar-refractivity contribution in [1.82, 2.24) is 16.0 Å². The van der Waals surface area contributed by atoms with E-state index >= 15 is 0 Å². The Morgan fingerprint density at radius 2 is 2.20 bits per heavy atom. The van der Waals surface area contributed by atoms with Gasteiger partial charge in [0.2, 0.25) is 0 Å². The van der Waals surface area contributed by atoms with Crippen molar-refractivity contribution < 1.29 is 4.79 Å². The molecule has 0 spiro atoms. The highest BCUT2D eigenvalue weighted by atomic mass is 16.2. The van der Waals surface area contributed by atoms with Crippen LogP contribution in [-0.2, 0) is 0 Å². The summed E-state index contributed by atoms with van der Waals surface area (Å²) in [6, 6.07) is -0.311. The van der Waals surface area contributed by atoms with Crippen molar-refractivity contribution in [3.63, 3.8) is 0 Å². The van der Waals surface area contributed by atoms with E-state index in [4.69, 9.17) is 11.1 Å². The van der Waals surface area contributed by atoms with Gasteiger partial charge in [0.05, 0.1) is 6.67 Å². The number of hydrogen-bond donors (Lipinski definition) is 5. The highest BCUT2D eigenvalue weighted by Crippen LogP contribution is 1.56. The first-order valence-corrected chi connectivity index (χ1v) is 2.70. The van der Waals surface area contributed by atoms with Gasteiger partial charge in [0.15, 0.2) is 5.96 Å². The molecule has 0 aromatic rings. The Bertz CT molecular complexity index is 134. The quantitative estimate of drug-likeness (QED) is 0.183. The lowest BCUT2D eigenvalue weighted by molar-refractivity contribution is 0.242. The molecule has 10 heavy (non-hydrogen) atoms. The van der Waals surface area contributed by atoms with E-state index in [-0.39, 0.29) is 18.7 Å². The fourth-order valence-corrected chi connectivity index (χ4v) is 0.308. The van der Waals surface area contributed by atoms with Gasteiger partial charge in [-0.2, -0.15) is 0 Å². The van der Waals surface area contributed by atoms with Crippen LogP contribution in [0.5, 0.6) is 0 Å². The van der Waals surface area contributed by atoms with Crippen molar-refractivity contribution in [2.45, 2.75) is 0 Å². The third-order valence-corrected chi connectivity index (χ3v) is 0.755. The first kappa shape index (κ1) is 8.54. The maximum absolute atomic E-state index is 10.4. The molecule has 0 radical (unpaired) electrons. The van der Waals surface area contributed by atoms with Gasteiger partial charge in [-0.25, -0.2) is 4.79 Å². The summed E-state index contributed by atoms with van der Waals surface area (Å²) < 4.78 is 0. The molecule has 2 amide bonds. The molecule has 0 aliphatic rings. The fourth-order valence-electron chi connectivity index (χ4n) is 0.308. The molecular formula is C4H11N5O. The van der Waals surface area contributed by atoms with Gasteiger partial charge < -0.3 is 21.7 Å².